The first-order chi connectivity index (χ1) is 12.6. The fourth-order valence-electron chi connectivity index (χ4n) is 3.21. The van der Waals surface area contributed by atoms with E-state index in [1.165, 1.54) is 6.92 Å². The van der Waals surface area contributed by atoms with Crippen molar-refractivity contribution in [1.82, 2.24) is 15.2 Å². The average Bonchev–Trinajstić information content (AvgIpc) is 2.68. The molecule has 0 spiro atoms. The van der Waals surface area contributed by atoms with Gasteiger partial charge in [-0.3, -0.25) is 9.59 Å². The molecule has 2 aromatic rings. The summed E-state index contributed by atoms with van der Waals surface area (Å²) in [5, 5.41) is 2.89. The van der Waals surface area contributed by atoms with Gasteiger partial charge in [0, 0.05) is 39.3 Å². The highest BCUT2D eigenvalue weighted by atomic mass is 16.2. The van der Waals surface area contributed by atoms with Crippen molar-refractivity contribution in [3.63, 3.8) is 0 Å². The first-order valence-corrected chi connectivity index (χ1v) is 8.89. The summed E-state index contributed by atoms with van der Waals surface area (Å²) in [4.78, 5) is 32.7. The Kier molecular flexibility index (Phi) is 5.84. The molecule has 1 fully saturated rings. The predicted octanol–water partition coefficient (Wildman–Crippen LogP) is 2.00. The van der Waals surface area contributed by atoms with Crippen LogP contribution in [-0.4, -0.2) is 47.9 Å². The number of benzene rings is 1. The van der Waals surface area contributed by atoms with E-state index in [9.17, 15) is 9.59 Å². The maximum absolute atomic E-state index is 12.7. The summed E-state index contributed by atoms with van der Waals surface area (Å²) < 4.78 is 0. The summed E-state index contributed by atoms with van der Waals surface area (Å²) >= 11 is 0. The zero-order chi connectivity index (χ0) is 18.4. The Bertz CT molecular complexity index is 728. The van der Waals surface area contributed by atoms with Crippen LogP contribution in [0.2, 0.25) is 0 Å². The Morgan fingerprint density at radius 1 is 1.04 bits per heavy atom. The number of nitrogens with one attached hydrogen (secondary N) is 1. The SMILES string of the molecule is CC(=O)NC(CC(=O)N1CCN(c2ccccn2)CC1)c1ccccc1. The molecular weight excluding hydrogens is 328 g/mol. The number of hydrogen-bond acceptors (Lipinski definition) is 4. The minimum absolute atomic E-state index is 0.0632. The lowest BCUT2D eigenvalue weighted by Gasteiger charge is -2.36. The highest BCUT2D eigenvalue weighted by molar-refractivity contribution is 5.79. The van der Waals surface area contributed by atoms with Crippen molar-refractivity contribution in [2.24, 2.45) is 0 Å². The minimum atomic E-state index is -0.296. The smallest absolute Gasteiger partial charge is 0.225 e. The van der Waals surface area contributed by atoms with Crippen LogP contribution in [0.15, 0.2) is 54.7 Å². The standard InChI is InChI=1S/C20H24N4O2/c1-16(25)22-18(17-7-3-2-4-8-17)15-20(26)24-13-11-23(12-14-24)19-9-5-6-10-21-19/h2-10,18H,11-15H2,1H3,(H,22,25). The van der Waals surface area contributed by atoms with Crippen LogP contribution in [0, 0.1) is 0 Å². The van der Waals surface area contributed by atoms with Gasteiger partial charge in [0.25, 0.3) is 0 Å². The number of rotatable bonds is 5. The van der Waals surface area contributed by atoms with Crippen LogP contribution < -0.4 is 10.2 Å². The van der Waals surface area contributed by atoms with Crippen LogP contribution in [0.5, 0.6) is 0 Å². The van der Waals surface area contributed by atoms with E-state index >= 15 is 0 Å². The predicted molar refractivity (Wildman–Crippen MR) is 101 cm³/mol. The fraction of sp³-hybridized carbons (Fsp3) is 0.350. The van der Waals surface area contributed by atoms with Crippen molar-refractivity contribution >= 4 is 17.6 Å². The monoisotopic (exact) mass is 352 g/mol. The van der Waals surface area contributed by atoms with Crippen LogP contribution in [0.4, 0.5) is 5.82 Å². The van der Waals surface area contributed by atoms with Crippen LogP contribution in [-0.2, 0) is 9.59 Å². The second-order valence-electron chi connectivity index (χ2n) is 6.42. The molecule has 1 atom stereocenters. The third-order valence-electron chi connectivity index (χ3n) is 4.56. The van der Waals surface area contributed by atoms with Crippen molar-refractivity contribution in [3.05, 3.63) is 60.3 Å². The van der Waals surface area contributed by atoms with Gasteiger partial charge >= 0.3 is 0 Å². The summed E-state index contributed by atoms with van der Waals surface area (Å²) in [6.45, 7) is 4.33. The summed E-state index contributed by atoms with van der Waals surface area (Å²) in [6, 6.07) is 15.2. The molecule has 6 nitrogen and oxygen atoms in total. The summed E-state index contributed by atoms with van der Waals surface area (Å²) in [7, 11) is 0. The maximum Gasteiger partial charge on any atom is 0.225 e. The largest absolute Gasteiger partial charge is 0.353 e. The highest BCUT2D eigenvalue weighted by Crippen LogP contribution is 2.19. The molecule has 1 aliphatic heterocycles. The van der Waals surface area contributed by atoms with Gasteiger partial charge in [-0.05, 0) is 17.7 Å². The van der Waals surface area contributed by atoms with Gasteiger partial charge < -0.3 is 15.1 Å². The summed E-state index contributed by atoms with van der Waals surface area (Å²) in [6.07, 6.45) is 2.05. The molecule has 26 heavy (non-hydrogen) atoms. The van der Waals surface area contributed by atoms with Gasteiger partial charge in [-0.1, -0.05) is 36.4 Å². The number of hydrogen-bond donors (Lipinski definition) is 1. The number of carbonyl (C=O) groups is 2. The first-order valence-electron chi connectivity index (χ1n) is 8.89. The zero-order valence-corrected chi connectivity index (χ0v) is 15.0. The molecule has 3 rings (SSSR count). The quantitative estimate of drug-likeness (QED) is 0.894. The molecule has 0 bridgehead atoms. The van der Waals surface area contributed by atoms with Crippen molar-refractivity contribution in [2.45, 2.75) is 19.4 Å². The number of amides is 2. The van der Waals surface area contributed by atoms with E-state index in [-0.39, 0.29) is 24.3 Å². The van der Waals surface area contributed by atoms with Gasteiger partial charge in [-0.15, -0.1) is 0 Å². The number of aromatic nitrogens is 1. The van der Waals surface area contributed by atoms with Crippen molar-refractivity contribution in [2.75, 3.05) is 31.1 Å². The molecular formula is C20H24N4O2. The van der Waals surface area contributed by atoms with Crippen molar-refractivity contribution in [3.8, 4) is 0 Å². The number of pyridine rings is 1. The normalized spacial score (nSPS) is 15.4. The first kappa shape index (κ1) is 17.9. The van der Waals surface area contributed by atoms with Gasteiger partial charge in [0.1, 0.15) is 5.82 Å². The molecule has 1 N–H and O–H groups in total. The molecule has 1 aliphatic rings. The van der Waals surface area contributed by atoms with E-state index in [1.807, 2.05) is 53.4 Å². The summed E-state index contributed by atoms with van der Waals surface area (Å²) in [5.41, 5.74) is 0.947. The lowest BCUT2D eigenvalue weighted by molar-refractivity contribution is -0.132. The molecule has 1 unspecified atom stereocenters. The van der Waals surface area contributed by atoms with Crippen LogP contribution >= 0.6 is 0 Å². The minimum Gasteiger partial charge on any atom is -0.353 e. The number of carbonyl (C=O) groups excluding carboxylic acids is 2. The lowest BCUT2D eigenvalue weighted by Crippen LogP contribution is -2.49. The Morgan fingerprint density at radius 3 is 2.35 bits per heavy atom. The fourth-order valence-corrected chi connectivity index (χ4v) is 3.21. The van der Waals surface area contributed by atoms with E-state index in [0.717, 1.165) is 24.5 Å². The van der Waals surface area contributed by atoms with Crippen LogP contribution in [0.3, 0.4) is 0 Å². The third kappa shape index (κ3) is 4.59. The Labute approximate surface area is 153 Å². The number of anilines is 1. The van der Waals surface area contributed by atoms with E-state index in [1.54, 1.807) is 6.20 Å². The highest BCUT2D eigenvalue weighted by Gasteiger charge is 2.25. The van der Waals surface area contributed by atoms with Gasteiger partial charge in [-0.2, -0.15) is 0 Å². The van der Waals surface area contributed by atoms with Crippen LogP contribution in [0.1, 0.15) is 24.9 Å². The lowest BCUT2D eigenvalue weighted by atomic mass is 10.0. The molecule has 2 heterocycles. The van der Waals surface area contributed by atoms with Crippen molar-refractivity contribution in [1.29, 1.82) is 0 Å². The van der Waals surface area contributed by atoms with E-state index in [0.29, 0.717) is 13.1 Å². The molecule has 6 heteroatoms. The second-order valence-corrected chi connectivity index (χ2v) is 6.42. The van der Waals surface area contributed by atoms with E-state index < -0.39 is 0 Å². The molecule has 136 valence electrons. The van der Waals surface area contributed by atoms with E-state index in [4.69, 9.17) is 0 Å². The zero-order valence-electron chi connectivity index (χ0n) is 15.0. The van der Waals surface area contributed by atoms with Gasteiger partial charge in [0.15, 0.2) is 0 Å². The molecule has 2 amide bonds. The summed E-state index contributed by atoms with van der Waals surface area (Å²) in [5.74, 6) is 0.875. The maximum atomic E-state index is 12.7. The van der Waals surface area contributed by atoms with Crippen LogP contribution in [0.25, 0.3) is 0 Å². The molecule has 0 aliphatic carbocycles. The molecule has 1 saturated heterocycles. The van der Waals surface area contributed by atoms with Gasteiger partial charge in [0.2, 0.25) is 11.8 Å². The Morgan fingerprint density at radius 2 is 1.73 bits per heavy atom. The second kappa shape index (κ2) is 8.47. The number of piperazine rings is 1. The topological polar surface area (TPSA) is 65.5 Å². The molecule has 0 saturated carbocycles. The molecule has 1 aromatic carbocycles. The average molecular weight is 352 g/mol. The van der Waals surface area contributed by atoms with Crippen molar-refractivity contribution < 1.29 is 9.59 Å². The number of nitrogens with zero attached hydrogens (tertiary/aromatic N) is 3. The Hall–Kier alpha value is -2.89. The third-order valence-corrected chi connectivity index (χ3v) is 4.56. The molecule has 1 aromatic heterocycles. The van der Waals surface area contributed by atoms with E-state index in [2.05, 4.69) is 15.2 Å². The van der Waals surface area contributed by atoms with Gasteiger partial charge in [0.05, 0.1) is 12.5 Å². The molecule has 0 radical (unpaired) electrons. The van der Waals surface area contributed by atoms with Gasteiger partial charge in [-0.25, -0.2) is 4.98 Å². The Balaban J connectivity index is 1.59.